The molecule has 2 nitrogen and oxygen atoms in total. The lowest BCUT2D eigenvalue weighted by Crippen LogP contribution is -2.04. The van der Waals surface area contributed by atoms with Crippen molar-refractivity contribution in [3.63, 3.8) is 0 Å². The summed E-state index contributed by atoms with van der Waals surface area (Å²) in [5.41, 5.74) is 1.92. The average molecular weight is 220 g/mol. The van der Waals surface area contributed by atoms with E-state index < -0.39 is 0 Å². The molecule has 1 aromatic heterocycles. The maximum absolute atomic E-state index is 6.13. The van der Waals surface area contributed by atoms with Crippen molar-refractivity contribution in [2.24, 2.45) is 0 Å². The van der Waals surface area contributed by atoms with Crippen LogP contribution in [-0.4, -0.2) is 9.78 Å². The van der Waals surface area contributed by atoms with Crippen LogP contribution in [-0.2, 0) is 0 Å². The first-order chi connectivity index (χ1) is 7.20. The molecule has 0 bridgehead atoms. The molecular weight excluding hydrogens is 208 g/mol. The zero-order valence-corrected chi connectivity index (χ0v) is 9.49. The van der Waals surface area contributed by atoms with Crippen LogP contribution in [0.4, 0.5) is 0 Å². The summed E-state index contributed by atoms with van der Waals surface area (Å²) in [5.74, 6) is 0. The lowest BCUT2D eigenvalue weighted by atomic mass is 10.1. The summed E-state index contributed by atoms with van der Waals surface area (Å²) in [4.78, 5) is 0. The van der Waals surface area contributed by atoms with E-state index in [1.165, 1.54) is 0 Å². The Labute approximate surface area is 94.5 Å². The van der Waals surface area contributed by atoms with Crippen LogP contribution in [0.1, 0.15) is 19.9 Å². The summed E-state index contributed by atoms with van der Waals surface area (Å²) >= 11 is 6.13. The molecule has 0 spiro atoms. The predicted molar refractivity (Wildman–Crippen MR) is 61.9 cm³/mol. The molecule has 0 unspecified atom stereocenters. The molecule has 15 heavy (non-hydrogen) atoms. The predicted octanol–water partition coefficient (Wildman–Crippen LogP) is 3.58. The fourth-order valence-electron chi connectivity index (χ4n) is 1.52. The fourth-order valence-corrected chi connectivity index (χ4v) is 1.75. The van der Waals surface area contributed by atoms with E-state index in [1.54, 1.807) is 6.20 Å². The molecule has 0 saturated carbocycles. The van der Waals surface area contributed by atoms with Crippen molar-refractivity contribution in [2.45, 2.75) is 19.9 Å². The summed E-state index contributed by atoms with van der Waals surface area (Å²) in [6.07, 6.45) is 1.68. The van der Waals surface area contributed by atoms with Gasteiger partial charge >= 0.3 is 0 Å². The Kier molecular flexibility index (Phi) is 2.78. The number of rotatable bonds is 2. The van der Waals surface area contributed by atoms with Crippen molar-refractivity contribution in [3.05, 3.63) is 41.6 Å². The number of hydrogen-bond donors (Lipinski definition) is 0. The first-order valence-corrected chi connectivity index (χ1v) is 5.28. The first-order valence-electron chi connectivity index (χ1n) is 4.90. The minimum absolute atomic E-state index is 0.308. The van der Waals surface area contributed by atoms with Crippen LogP contribution < -0.4 is 0 Å². The zero-order valence-electron chi connectivity index (χ0n) is 8.74. The highest BCUT2D eigenvalue weighted by atomic mass is 35.5. The van der Waals surface area contributed by atoms with E-state index in [0.29, 0.717) is 6.04 Å². The van der Waals surface area contributed by atoms with Gasteiger partial charge in [-0.3, -0.25) is 4.68 Å². The van der Waals surface area contributed by atoms with Gasteiger partial charge in [0.05, 0.1) is 11.9 Å². The second-order valence-corrected chi connectivity index (χ2v) is 4.06. The van der Waals surface area contributed by atoms with Crippen LogP contribution in [0.15, 0.2) is 30.5 Å². The molecule has 0 amide bonds. The van der Waals surface area contributed by atoms with Crippen molar-refractivity contribution in [1.82, 2.24) is 9.78 Å². The van der Waals surface area contributed by atoms with Gasteiger partial charge in [0.2, 0.25) is 0 Å². The summed E-state index contributed by atoms with van der Waals surface area (Å²) < 4.78 is 1.92. The summed E-state index contributed by atoms with van der Waals surface area (Å²) in [7, 11) is 0. The number of benzene rings is 1. The van der Waals surface area contributed by atoms with Gasteiger partial charge in [0.15, 0.2) is 0 Å². The highest BCUT2D eigenvalue weighted by Gasteiger charge is 2.10. The molecule has 3 heteroatoms. The van der Waals surface area contributed by atoms with E-state index in [-0.39, 0.29) is 0 Å². The van der Waals surface area contributed by atoms with E-state index in [1.807, 2.05) is 28.9 Å². The second kappa shape index (κ2) is 4.07. The van der Waals surface area contributed by atoms with Crippen molar-refractivity contribution < 1.29 is 0 Å². The van der Waals surface area contributed by atoms with Crippen molar-refractivity contribution in [3.8, 4) is 11.3 Å². The quantitative estimate of drug-likeness (QED) is 0.755. The monoisotopic (exact) mass is 219 g/mol. The maximum Gasteiger partial charge on any atom is 0.0780 e. The van der Waals surface area contributed by atoms with Gasteiger partial charge in [0, 0.05) is 22.7 Å². The van der Waals surface area contributed by atoms with E-state index >= 15 is 0 Å². The van der Waals surface area contributed by atoms with Crippen LogP contribution in [0.3, 0.4) is 0 Å². The third-order valence-electron chi connectivity index (χ3n) is 2.23. The Morgan fingerprint density at radius 3 is 2.73 bits per heavy atom. The number of aromatic nitrogens is 2. The SMILES string of the molecule is CC(C)n1nc[c]c1-c1ccccc1Cl. The summed E-state index contributed by atoms with van der Waals surface area (Å²) in [6.45, 7) is 4.17. The topological polar surface area (TPSA) is 17.8 Å². The minimum atomic E-state index is 0.308. The Morgan fingerprint density at radius 1 is 1.33 bits per heavy atom. The lowest BCUT2D eigenvalue weighted by Gasteiger charge is -2.11. The molecule has 0 aliphatic carbocycles. The van der Waals surface area contributed by atoms with E-state index in [2.05, 4.69) is 25.0 Å². The first kappa shape index (κ1) is 10.2. The second-order valence-electron chi connectivity index (χ2n) is 3.66. The van der Waals surface area contributed by atoms with Crippen LogP contribution in [0, 0.1) is 6.07 Å². The molecule has 0 saturated heterocycles. The van der Waals surface area contributed by atoms with Gasteiger partial charge < -0.3 is 0 Å². The van der Waals surface area contributed by atoms with Crippen molar-refractivity contribution in [2.75, 3.05) is 0 Å². The normalized spacial score (nSPS) is 10.9. The Hall–Kier alpha value is -1.28. The molecule has 1 aromatic carbocycles. The van der Waals surface area contributed by atoms with Crippen LogP contribution in [0.2, 0.25) is 5.02 Å². The van der Waals surface area contributed by atoms with E-state index in [9.17, 15) is 0 Å². The van der Waals surface area contributed by atoms with Gasteiger partial charge in [-0.2, -0.15) is 5.10 Å². The van der Waals surface area contributed by atoms with Crippen LogP contribution >= 0.6 is 11.6 Å². The summed E-state index contributed by atoms with van der Waals surface area (Å²) in [6, 6.07) is 11.2. The largest absolute Gasteiger partial charge is 0.262 e. The highest BCUT2D eigenvalue weighted by molar-refractivity contribution is 6.33. The molecule has 1 heterocycles. The Morgan fingerprint density at radius 2 is 2.07 bits per heavy atom. The molecule has 0 N–H and O–H groups in total. The van der Waals surface area contributed by atoms with Gasteiger partial charge in [0.1, 0.15) is 0 Å². The van der Waals surface area contributed by atoms with Gasteiger partial charge in [-0.1, -0.05) is 29.8 Å². The number of hydrogen-bond acceptors (Lipinski definition) is 1. The van der Waals surface area contributed by atoms with Gasteiger partial charge in [-0.15, -0.1) is 0 Å². The highest BCUT2D eigenvalue weighted by Crippen LogP contribution is 2.28. The van der Waals surface area contributed by atoms with Gasteiger partial charge in [-0.25, -0.2) is 0 Å². The van der Waals surface area contributed by atoms with Crippen LogP contribution in [0.5, 0.6) is 0 Å². The molecular formula is C12H12ClN2. The molecule has 2 rings (SSSR count). The Bertz CT molecular complexity index is 460. The smallest absolute Gasteiger partial charge is 0.0780 e. The third kappa shape index (κ3) is 1.90. The molecule has 2 aromatic rings. The molecule has 0 aliphatic heterocycles. The molecule has 1 radical (unpaired) electrons. The van der Waals surface area contributed by atoms with E-state index in [4.69, 9.17) is 11.6 Å². The van der Waals surface area contributed by atoms with Crippen LogP contribution in [0.25, 0.3) is 11.3 Å². The Balaban J connectivity index is 2.55. The number of halogens is 1. The minimum Gasteiger partial charge on any atom is -0.262 e. The zero-order chi connectivity index (χ0) is 10.8. The van der Waals surface area contributed by atoms with E-state index in [0.717, 1.165) is 16.3 Å². The molecule has 0 atom stereocenters. The molecule has 77 valence electrons. The fraction of sp³-hybridized carbons (Fsp3) is 0.250. The molecule has 0 aliphatic rings. The number of nitrogens with zero attached hydrogens (tertiary/aromatic N) is 2. The van der Waals surface area contributed by atoms with Gasteiger partial charge in [-0.05, 0) is 19.9 Å². The lowest BCUT2D eigenvalue weighted by molar-refractivity contribution is 0.538. The van der Waals surface area contributed by atoms with Crippen molar-refractivity contribution in [1.29, 1.82) is 0 Å². The maximum atomic E-state index is 6.13. The summed E-state index contributed by atoms with van der Waals surface area (Å²) in [5, 5.41) is 4.97. The standard InChI is InChI=1S/C12H12ClN2/c1-9(2)15-12(7-8-14-15)10-5-3-4-6-11(10)13/h3-6,8-9H,1-2H3. The van der Waals surface area contributed by atoms with Crippen molar-refractivity contribution >= 4 is 11.6 Å². The third-order valence-corrected chi connectivity index (χ3v) is 2.56. The average Bonchev–Trinajstić information content (AvgIpc) is 2.67. The van der Waals surface area contributed by atoms with Gasteiger partial charge in [0.25, 0.3) is 0 Å². The molecule has 0 fully saturated rings.